The number of hydrogen-bond donors (Lipinski definition) is 3. The number of nitrogens with one attached hydrogen (secondary N) is 2. The Bertz CT molecular complexity index is 536. The van der Waals surface area contributed by atoms with Crippen molar-refractivity contribution in [3.8, 4) is 0 Å². The van der Waals surface area contributed by atoms with Crippen LogP contribution in [-0.2, 0) is 17.1 Å². The second kappa shape index (κ2) is 6.69. The van der Waals surface area contributed by atoms with Gasteiger partial charge < -0.3 is 4.57 Å². The van der Waals surface area contributed by atoms with E-state index in [2.05, 4.69) is 4.72 Å². The van der Waals surface area contributed by atoms with Crippen LogP contribution in [0.5, 0.6) is 0 Å². The minimum Gasteiger partial charge on any atom is -0.345 e. The minimum atomic E-state index is -3.58. The monoisotopic (exact) mass is 288 g/mol. The standard InChI is InChI=1S/C11H20N4O3S/c1-3-4-5-6-13-19(17,18)9-7-10(11(16)14-12)15(2)8-9/h7-8,13H,3-6,12H2,1-2H3,(H,14,16). The predicted molar refractivity (Wildman–Crippen MR) is 71.8 cm³/mol. The lowest BCUT2D eigenvalue weighted by Gasteiger charge is -2.03. The Morgan fingerprint density at radius 2 is 2.11 bits per heavy atom. The first-order valence-electron chi connectivity index (χ1n) is 6.09. The lowest BCUT2D eigenvalue weighted by atomic mass is 10.3. The van der Waals surface area contributed by atoms with E-state index < -0.39 is 15.9 Å². The second-order valence-corrected chi connectivity index (χ2v) is 6.02. The SMILES string of the molecule is CCCCCNS(=O)(=O)c1cc(C(=O)NN)n(C)c1. The van der Waals surface area contributed by atoms with Crippen LogP contribution in [0.2, 0.25) is 0 Å². The summed E-state index contributed by atoms with van der Waals surface area (Å²) in [4.78, 5) is 11.5. The molecule has 108 valence electrons. The van der Waals surface area contributed by atoms with E-state index in [-0.39, 0.29) is 10.6 Å². The van der Waals surface area contributed by atoms with Gasteiger partial charge in [0.2, 0.25) is 10.0 Å². The number of aryl methyl sites for hydroxylation is 1. The quantitative estimate of drug-likeness (QED) is 0.286. The fourth-order valence-corrected chi connectivity index (χ4v) is 2.79. The molecule has 0 unspecified atom stereocenters. The first kappa shape index (κ1) is 15.7. The molecule has 0 fully saturated rings. The molecule has 0 aliphatic heterocycles. The zero-order valence-corrected chi connectivity index (χ0v) is 12.0. The molecular formula is C11H20N4O3S. The molecule has 4 N–H and O–H groups in total. The van der Waals surface area contributed by atoms with E-state index in [1.54, 1.807) is 7.05 Å². The van der Waals surface area contributed by atoms with Crippen LogP contribution in [0.15, 0.2) is 17.2 Å². The molecule has 0 aliphatic carbocycles. The van der Waals surface area contributed by atoms with Crippen LogP contribution in [-0.4, -0.2) is 25.4 Å². The van der Waals surface area contributed by atoms with Gasteiger partial charge in [-0.1, -0.05) is 19.8 Å². The van der Waals surface area contributed by atoms with E-state index in [1.807, 2.05) is 12.3 Å². The lowest BCUT2D eigenvalue weighted by molar-refractivity contribution is 0.0945. The Morgan fingerprint density at radius 3 is 2.68 bits per heavy atom. The van der Waals surface area contributed by atoms with Gasteiger partial charge in [0, 0.05) is 19.8 Å². The average Bonchev–Trinajstić information content (AvgIpc) is 2.77. The lowest BCUT2D eigenvalue weighted by Crippen LogP contribution is -2.31. The van der Waals surface area contributed by atoms with Crippen LogP contribution in [0.4, 0.5) is 0 Å². The van der Waals surface area contributed by atoms with E-state index in [9.17, 15) is 13.2 Å². The van der Waals surface area contributed by atoms with Crippen LogP contribution in [0.25, 0.3) is 0 Å². The van der Waals surface area contributed by atoms with Crippen molar-refractivity contribution in [2.45, 2.75) is 31.1 Å². The summed E-state index contributed by atoms with van der Waals surface area (Å²) in [6.07, 6.45) is 4.16. The van der Waals surface area contributed by atoms with Crippen molar-refractivity contribution < 1.29 is 13.2 Å². The van der Waals surface area contributed by atoms with Crippen molar-refractivity contribution in [3.63, 3.8) is 0 Å². The van der Waals surface area contributed by atoms with Crippen molar-refractivity contribution in [2.24, 2.45) is 12.9 Å². The van der Waals surface area contributed by atoms with E-state index in [0.717, 1.165) is 19.3 Å². The molecule has 1 amide bonds. The maximum absolute atomic E-state index is 12.0. The average molecular weight is 288 g/mol. The maximum Gasteiger partial charge on any atom is 0.281 e. The number of hydrazine groups is 1. The second-order valence-electron chi connectivity index (χ2n) is 4.25. The molecule has 0 aliphatic rings. The molecule has 19 heavy (non-hydrogen) atoms. The fourth-order valence-electron chi connectivity index (χ4n) is 1.65. The molecule has 0 saturated heterocycles. The van der Waals surface area contributed by atoms with E-state index in [1.165, 1.54) is 16.8 Å². The highest BCUT2D eigenvalue weighted by Crippen LogP contribution is 2.13. The summed E-state index contributed by atoms with van der Waals surface area (Å²) in [7, 11) is -1.99. The van der Waals surface area contributed by atoms with Crippen molar-refractivity contribution in [2.75, 3.05) is 6.54 Å². The van der Waals surface area contributed by atoms with Gasteiger partial charge in [0.1, 0.15) is 10.6 Å². The van der Waals surface area contributed by atoms with Gasteiger partial charge in [0.05, 0.1) is 0 Å². The van der Waals surface area contributed by atoms with E-state index in [4.69, 9.17) is 5.84 Å². The van der Waals surface area contributed by atoms with Gasteiger partial charge in [-0.25, -0.2) is 19.0 Å². The van der Waals surface area contributed by atoms with E-state index >= 15 is 0 Å². The van der Waals surface area contributed by atoms with Crippen LogP contribution < -0.4 is 16.0 Å². The fraction of sp³-hybridized carbons (Fsp3) is 0.545. The Balaban J connectivity index is 2.82. The number of amides is 1. The molecule has 0 saturated carbocycles. The normalized spacial score (nSPS) is 11.5. The molecule has 0 spiro atoms. The molecule has 0 atom stereocenters. The number of carbonyl (C=O) groups is 1. The van der Waals surface area contributed by atoms with Crippen molar-refractivity contribution in [1.82, 2.24) is 14.7 Å². The number of hydrogen-bond acceptors (Lipinski definition) is 4. The van der Waals surface area contributed by atoms with Gasteiger partial charge >= 0.3 is 0 Å². The highest BCUT2D eigenvalue weighted by molar-refractivity contribution is 7.89. The van der Waals surface area contributed by atoms with Gasteiger partial charge in [-0.2, -0.15) is 0 Å². The largest absolute Gasteiger partial charge is 0.345 e. The Hall–Kier alpha value is -1.38. The first-order chi connectivity index (χ1) is 8.92. The van der Waals surface area contributed by atoms with Gasteiger partial charge in [-0.05, 0) is 12.5 Å². The van der Waals surface area contributed by atoms with Gasteiger partial charge in [-0.15, -0.1) is 0 Å². The van der Waals surface area contributed by atoms with Crippen LogP contribution in [0.1, 0.15) is 36.7 Å². The summed E-state index contributed by atoms with van der Waals surface area (Å²) >= 11 is 0. The molecule has 1 heterocycles. The topological polar surface area (TPSA) is 106 Å². The number of unbranched alkanes of at least 4 members (excludes halogenated alkanes) is 2. The van der Waals surface area contributed by atoms with Gasteiger partial charge in [0.15, 0.2) is 0 Å². The van der Waals surface area contributed by atoms with Crippen LogP contribution in [0.3, 0.4) is 0 Å². The third kappa shape index (κ3) is 4.05. The van der Waals surface area contributed by atoms with Crippen molar-refractivity contribution in [3.05, 3.63) is 18.0 Å². The Morgan fingerprint density at radius 1 is 1.42 bits per heavy atom. The predicted octanol–water partition coefficient (Wildman–Crippen LogP) is 0.0971. The Kier molecular flexibility index (Phi) is 5.52. The molecule has 0 radical (unpaired) electrons. The zero-order chi connectivity index (χ0) is 14.5. The molecular weight excluding hydrogens is 268 g/mol. The molecule has 7 nitrogen and oxygen atoms in total. The summed E-state index contributed by atoms with van der Waals surface area (Å²) in [6, 6.07) is 1.30. The molecule has 0 bridgehead atoms. The number of nitrogens with two attached hydrogens (primary N) is 1. The van der Waals surface area contributed by atoms with Gasteiger partial charge in [-0.3, -0.25) is 10.2 Å². The molecule has 0 aromatic carbocycles. The third-order valence-electron chi connectivity index (χ3n) is 2.73. The molecule has 8 heteroatoms. The van der Waals surface area contributed by atoms with E-state index in [0.29, 0.717) is 6.54 Å². The molecule has 1 aromatic rings. The third-order valence-corrected chi connectivity index (χ3v) is 4.15. The summed E-state index contributed by atoms with van der Waals surface area (Å²) in [5.41, 5.74) is 2.16. The molecule has 1 rings (SSSR count). The highest BCUT2D eigenvalue weighted by Gasteiger charge is 2.19. The van der Waals surface area contributed by atoms with Crippen molar-refractivity contribution in [1.29, 1.82) is 0 Å². The number of rotatable bonds is 7. The summed E-state index contributed by atoms with van der Waals surface area (Å²) < 4.78 is 27.9. The Labute approximate surface area is 113 Å². The van der Waals surface area contributed by atoms with Gasteiger partial charge in [0.25, 0.3) is 5.91 Å². The maximum atomic E-state index is 12.0. The summed E-state index contributed by atoms with van der Waals surface area (Å²) in [5.74, 6) is 4.49. The number of nitrogen functional groups attached to an aromatic ring is 1. The van der Waals surface area contributed by atoms with Crippen molar-refractivity contribution >= 4 is 15.9 Å². The van der Waals surface area contributed by atoms with Crippen LogP contribution in [0, 0.1) is 0 Å². The summed E-state index contributed by atoms with van der Waals surface area (Å²) in [6.45, 7) is 2.44. The number of aromatic nitrogens is 1. The van der Waals surface area contributed by atoms with Crippen LogP contribution >= 0.6 is 0 Å². The molecule has 1 aromatic heterocycles. The highest BCUT2D eigenvalue weighted by atomic mass is 32.2. The smallest absolute Gasteiger partial charge is 0.281 e. The number of sulfonamides is 1. The summed E-state index contributed by atoms with van der Waals surface area (Å²) in [5, 5.41) is 0. The first-order valence-corrected chi connectivity index (χ1v) is 7.57. The zero-order valence-electron chi connectivity index (χ0n) is 11.1. The minimum absolute atomic E-state index is 0.0603. The number of nitrogens with zero attached hydrogens (tertiary/aromatic N) is 1. The number of carbonyl (C=O) groups excluding carboxylic acids is 1.